The van der Waals surface area contributed by atoms with Crippen LogP contribution in [0.1, 0.15) is 18.3 Å². The number of aryl methyl sites for hydroxylation is 1. The zero-order valence-corrected chi connectivity index (χ0v) is 11.1. The van der Waals surface area contributed by atoms with E-state index in [1.807, 2.05) is 0 Å². The van der Waals surface area contributed by atoms with E-state index in [2.05, 4.69) is 4.98 Å². The van der Waals surface area contributed by atoms with E-state index >= 15 is 0 Å². The molecular weight excluding hydrogens is 240 g/mol. The van der Waals surface area contributed by atoms with E-state index < -0.39 is 9.84 Å². The number of ether oxygens (including phenoxy) is 1. The summed E-state index contributed by atoms with van der Waals surface area (Å²) in [5.74, 6) is 0.473. The smallest absolute Gasteiger partial charge is 0.157 e. The lowest BCUT2D eigenvalue weighted by atomic mass is 10.3. The first kappa shape index (κ1) is 13.9. The van der Waals surface area contributed by atoms with Crippen LogP contribution in [0.2, 0.25) is 0 Å². The zero-order valence-electron chi connectivity index (χ0n) is 10.3. The number of nitrogens with zero attached hydrogens (tertiary/aromatic N) is 1. The monoisotopic (exact) mass is 258 g/mol. The van der Waals surface area contributed by atoms with Gasteiger partial charge in [0.05, 0.1) is 24.3 Å². The van der Waals surface area contributed by atoms with Gasteiger partial charge >= 0.3 is 0 Å². The summed E-state index contributed by atoms with van der Waals surface area (Å²) in [6.45, 7) is 3.46. The fraction of sp³-hybridized carbons (Fsp3) is 0.545. The molecule has 0 amide bonds. The van der Waals surface area contributed by atoms with Gasteiger partial charge < -0.3 is 10.5 Å². The Labute approximate surface area is 102 Å². The lowest BCUT2D eigenvalue weighted by Crippen LogP contribution is -2.27. The van der Waals surface area contributed by atoms with Crippen molar-refractivity contribution in [3.8, 4) is 5.75 Å². The first-order chi connectivity index (χ1) is 7.82. The molecule has 0 saturated carbocycles. The topological polar surface area (TPSA) is 82.3 Å². The molecule has 1 aromatic rings. The summed E-state index contributed by atoms with van der Waals surface area (Å²) in [4.78, 5) is 4.17. The Morgan fingerprint density at radius 1 is 1.47 bits per heavy atom. The van der Waals surface area contributed by atoms with E-state index in [1.165, 1.54) is 7.11 Å². The van der Waals surface area contributed by atoms with Crippen molar-refractivity contribution in [2.75, 3.05) is 12.9 Å². The predicted octanol–water partition coefficient (Wildman–Crippen LogP) is 0.661. The molecule has 1 atom stereocenters. The maximum absolute atomic E-state index is 11.8. The molecule has 6 heteroatoms. The van der Waals surface area contributed by atoms with Gasteiger partial charge in [-0.2, -0.15) is 0 Å². The van der Waals surface area contributed by atoms with Crippen LogP contribution in [-0.2, 0) is 15.6 Å². The lowest BCUT2D eigenvalue weighted by Gasteiger charge is -2.08. The summed E-state index contributed by atoms with van der Waals surface area (Å²) in [7, 11) is -1.68. The third-order valence-corrected chi connectivity index (χ3v) is 3.87. The molecule has 0 aromatic carbocycles. The minimum Gasteiger partial charge on any atom is -0.497 e. The van der Waals surface area contributed by atoms with Gasteiger partial charge in [-0.25, -0.2) is 8.42 Å². The number of pyridine rings is 1. The molecule has 1 aromatic heterocycles. The van der Waals surface area contributed by atoms with Gasteiger partial charge in [-0.3, -0.25) is 4.98 Å². The van der Waals surface area contributed by atoms with Crippen LogP contribution in [0.25, 0.3) is 0 Å². The van der Waals surface area contributed by atoms with Crippen molar-refractivity contribution in [3.63, 3.8) is 0 Å². The Hall–Kier alpha value is -1.14. The molecular formula is C11H18N2O3S. The van der Waals surface area contributed by atoms with Crippen LogP contribution in [0.5, 0.6) is 5.75 Å². The van der Waals surface area contributed by atoms with Crippen molar-refractivity contribution < 1.29 is 13.2 Å². The molecule has 0 fully saturated rings. The summed E-state index contributed by atoms with van der Waals surface area (Å²) < 4.78 is 28.6. The van der Waals surface area contributed by atoms with Crippen LogP contribution in [-0.4, -0.2) is 32.3 Å². The van der Waals surface area contributed by atoms with E-state index in [0.717, 1.165) is 5.69 Å². The van der Waals surface area contributed by atoms with E-state index in [0.29, 0.717) is 11.4 Å². The summed E-state index contributed by atoms with van der Waals surface area (Å²) in [5, 5.41) is 0. The van der Waals surface area contributed by atoms with Gasteiger partial charge in [0.1, 0.15) is 5.75 Å². The van der Waals surface area contributed by atoms with Crippen LogP contribution < -0.4 is 10.5 Å². The highest BCUT2D eigenvalue weighted by molar-refractivity contribution is 7.90. The molecule has 0 bridgehead atoms. The van der Waals surface area contributed by atoms with E-state index in [-0.39, 0.29) is 17.5 Å². The van der Waals surface area contributed by atoms with Crippen molar-refractivity contribution in [2.24, 2.45) is 5.73 Å². The minimum absolute atomic E-state index is 0.0368. The van der Waals surface area contributed by atoms with Gasteiger partial charge in [-0.15, -0.1) is 0 Å². The molecule has 1 heterocycles. The summed E-state index contributed by atoms with van der Waals surface area (Å²) in [6, 6.07) is 3.01. The molecule has 0 aliphatic carbocycles. The maximum Gasteiger partial charge on any atom is 0.157 e. The molecule has 1 unspecified atom stereocenters. The Balaban J connectivity index is 2.91. The van der Waals surface area contributed by atoms with Gasteiger partial charge in [0.25, 0.3) is 0 Å². The Morgan fingerprint density at radius 2 is 2.12 bits per heavy atom. The van der Waals surface area contributed by atoms with Crippen LogP contribution in [0.3, 0.4) is 0 Å². The Kier molecular flexibility index (Phi) is 4.47. The Morgan fingerprint density at radius 3 is 2.65 bits per heavy atom. The lowest BCUT2D eigenvalue weighted by molar-refractivity contribution is 0.413. The molecule has 1 rings (SSSR count). The number of methoxy groups -OCH3 is 1. The fourth-order valence-corrected chi connectivity index (χ4v) is 3.10. The quantitative estimate of drug-likeness (QED) is 0.839. The summed E-state index contributed by atoms with van der Waals surface area (Å²) in [6.07, 6.45) is 0. The molecule has 0 aliphatic heterocycles. The van der Waals surface area contributed by atoms with E-state index in [9.17, 15) is 8.42 Å². The highest BCUT2D eigenvalue weighted by Gasteiger charge is 2.16. The Bertz CT molecular complexity index is 483. The van der Waals surface area contributed by atoms with Crippen molar-refractivity contribution in [1.82, 2.24) is 4.98 Å². The second kappa shape index (κ2) is 5.46. The standard InChI is InChI=1S/C11H18N2O3S/c1-8(12)6-17(14,15)7-10-5-11(16-3)4-9(2)13-10/h4-5,8H,6-7,12H2,1-3H3. The fourth-order valence-electron chi connectivity index (χ4n) is 1.58. The van der Waals surface area contributed by atoms with E-state index in [4.69, 9.17) is 10.5 Å². The molecule has 0 radical (unpaired) electrons. The number of sulfone groups is 1. The van der Waals surface area contributed by atoms with Gasteiger partial charge in [-0.1, -0.05) is 0 Å². The summed E-state index contributed by atoms with van der Waals surface area (Å²) >= 11 is 0. The third kappa shape index (κ3) is 4.70. The van der Waals surface area contributed by atoms with Gasteiger partial charge in [-0.05, 0) is 13.8 Å². The molecule has 2 N–H and O–H groups in total. The van der Waals surface area contributed by atoms with Crippen molar-refractivity contribution >= 4 is 9.84 Å². The van der Waals surface area contributed by atoms with E-state index in [1.54, 1.807) is 26.0 Å². The molecule has 0 aliphatic rings. The van der Waals surface area contributed by atoms with Crippen LogP contribution >= 0.6 is 0 Å². The van der Waals surface area contributed by atoms with Crippen molar-refractivity contribution in [3.05, 3.63) is 23.5 Å². The van der Waals surface area contributed by atoms with Crippen molar-refractivity contribution in [1.29, 1.82) is 0 Å². The molecule has 5 nitrogen and oxygen atoms in total. The first-order valence-electron chi connectivity index (χ1n) is 5.30. The average molecular weight is 258 g/mol. The molecule has 0 spiro atoms. The zero-order chi connectivity index (χ0) is 13.1. The molecule has 96 valence electrons. The highest BCUT2D eigenvalue weighted by atomic mass is 32.2. The van der Waals surface area contributed by atoms with Crippen LogP contribution in [0, 0.1) is 6.92 Å². The number of rotatable bonds is 5. The second-order valence-corrected chi connectivity index (χ2v) is 6.28. The SMILES string of the molecule is COc1cc(C)nc(CS(=O)(=O)CC(C)N)c1. The first-order valence-corrected chi connectivity index (χ1v) is 7.12. The largest absolute Gasteiger partial charge is 0.497 e. The highest BCUT2D eigenvalue weighted by Crippen LogP contribution is 2.15. The summed E-state index contributed by atoms with van der Waals surface area (Å²) in [5.41, 5.74) is 6.71. The number of hydrogen-bond donors (Lipinski definition) is 1. The van der Waals surface area contributed by atoms with Crippen LogP contribution in [0.4, 0.5) is 0 Å². The average Bonchev–Trinajstić information content (AvgIpc) is 2.13. The van der Waals surface area contributed by atoms with Gasteiger partial charge in [0, 0.05) is 23.9 Å². The minimum atomic E-state index is -3.22. The number of hydrogen-bond acceptors (Lipinski definition) is 5. The number of nitrogens with two attached hydrogens (primary N) is 1. The molecule has 0 saturated heterocycles. The predicted molar refractivity (Wildman–Crippen MR) is 66.7 cm³/mol. The third-order valence-electron chi connectivity index (χ3n) is 2.10. The normalized spacial score (nSPS) is 13.4. The van der Waals surface area contributed by atoms with Crippen LogP contribution in [0.15, 0.2) is 12.1 Å². The number of aromatic nitrogens is 1. The second-order valence-electron chi connectivity index (χ2n) is 4.17. The van der Waals surface area contributed by atoms with Crippen molar-refractivity contribution in [2.45, 2.75) is 25.6 Å². The molecule has 17 heavy (non-hydrogen) atoms. The maximum atomic E-state index is 11.8. The van der Waals surface area contributed by atoms with Gasteiger partial charge in [0.15, 0.2) is 9.84 Å². The van der Waals surface area contributed by atoms with Gasteiger partial charge in [0.2, 0.25) is 0 Å².